The zero-order valence-electron chi connectivity index (χ0n) is 17.3. The zero-order chi connectivity index (χ0) is 20.1. The van der Waals surface area contributed by atoms with E-state index < -0.39 is 14.6 Å². The molecule has 3 N–H and O–H groups in total. The highest BCUT2D eigenvalue weighted by molar-refractivity contribution is 14.0. The van der Waals surface area contributed by atoms with Crippen molar-refractivity contribution in [3.05, 3.63) is 0 Å². The number of nitrogens with zero attached hydrogens (tertiary/aromatic N) is 3. The maximum absolute atomic E-state index is 12.1. The molecule has 0 aromatic rings. The number of unbranched alkanes of at least 4 members (excludes halogenated alkanes) is 1. The number of piperidine rings is 1. The molecule has 2 heterocycles. The average molecular weight is 529 g/mol. The van der Waals surface area contributed by atoms with Crippen molar-refractivity contribution in [1.82, 2.24) is 15.1 Å². The van der Waals surface area contributed by atoms with Gasteiger partial charge in [-0.1, -0.05) is 0 Å². The second-order valence-corrected chi connectivity index (χ2v) is 10.9. The van der Waals surface area contributed by atoms with Crippen LogP contribution in [0.3, 0.4) is 0 Å². The SMILES string of the molecule is CN=C(NCCCCN1CCC(C(N)=O)CC1)N1CCS(=O)(=O)C(C)(C)C1.I. The standard InChI is InChI=1S/C18H35N5O3S.HI/c1-18(2)14-23(12-13-27(18,25)26)17(20-3)21-8-4-5-9-22-10-6-15(7-11-22)16(19)24;/h15H,4-14H2,1-3H3,(H2,19,24)(H,20,21);1H. The highest BCUT2D eigenvalue weighted by Crippen LogP contribution is 2.23. The Labute approximate surface area is 186 Å². The Bertz CT molecular complexity index is 646. The molecule has 2 rings (SSSR count). The van der Waals surface area contributed by atoms with E-state index in [0.29, 0.717) is 13.1 Å². The molecular formula is C18H36IN5O3S. The Hall–Kier alpha value is -0.620. The predicted octanol–water partition coefficient (Wildman–Crippen LogP) is 0.666. The molecule has 8 nitrogen and oxygen atoms in total. The number of amides is 1. The van der Waals surface area contributed by atoms with Gasteiger partial charge in [-0.15, -0.1) is 24.0 Å². The summed E-state index contributed by atoms with van der Waals surface area (Å²) in [5.74, 6) is 0.824. The van der Waals surface area contributed by atoms with E-state index in [1.54, 1.807) is 20.9 Å². The highest BCUT2D eigenvalue weighted by Gasteiger charge is 2.40. The fourth-order valence-electron chi connectivity index (χ4n) is 3.76. The van der Waals surface area contributed by atoms with Gasteiger partial charge in [-0.25, -0.2) is 8.42 Å². The summed E-state index contributed by atoms with van der Waals surface area (Å²) in [5, 5.41) is 3.37. The number of nitrogens with one attached hydrogen (secondary N) is 1. The molecule has 10 heteroatoms. The number of likely N-dealkylation sites (tertiary alicyclic amines) is 1. The first-order valence-corrected chi connectivity index (χ1v) is 11.5. The minimum Gasteiger partial charge on any atom is -0.369 e. The second kappa shape index (κ2) is 11.0. The highest BCUT2D eigenvalue weighted by atomic mass is 127. The van der Waals surface area contributed by atoms with Gasteiger partial charge in [0.2, 0.25) is 5.91 Å². The Balaban J connectivity index is 0.00000392. The van der Waals surface area contributed by atoms with Crippen molar-refractivity contribution in [2.45, 2.75) is 44.3 Å². The minimum absolute atomic E-state index is 0. The van der Waals surface area contributed by atoms with Crippen molar-refractivity contribution in [3.63, 3.8) is 0 Å². The summed E-state index contributed by atoms with van der Waals surface area (Å²) in [5.41, 5.74) is 5.37. The van der Waals surface area contributed by atoms with Crippen LogP contribution in [0.2, 0.25) is 0 Å². The first-order valence-electron chi connectivity index (χ1n) is 9.86. The van der Waals surface area contributed by atoms with Crippen molar-refractivity contribution in [3.8, 4) is 0 Å². The maximum atomic E-state index is 12.1. The number of rotatable bonds is 6. The van der Waals surface area contributed by atoms with Crippen LogP contribution >= 0.6 is 24.0 Å². The number of hydrogen-bond donors (Lipinski definition) is 2. The van der Waals surface area contributed by atoms with E-state index in [9.17, 15) is 13.2 Å². The topological polar surface area (TPSA) is 108 Å². The summed E-state index contributed by atoms with van der Waals surface area (Å²) >= 11 is 0. The van der Waals surface area contributed by atoms with Gasteiger partial charge in [-0.3, -0.25) is 9.79 Å². The lowest BCUT2D eigenvalue weighted by molar-refractivity contribution is -0.123. The molecule has 0 bridgehead atoms. The first-order chi connectivity index (χ1) is 12.7. The number of guanidine groups is 1. The molecule has 164 valence electrons. The Morgan fingerprint density at radius 2 is 1.86 bits per heavy atom. The molecule has 0 aromatic heterocycles. The summed E-state index contributed by atoms with van der Waals surface area (Å²) in [6, 6.07) is 0. The van der Waals surface area contributed by atoms with Gasteiger partial charge in [0.05, 0.1) is 10.5 Å². The second-order valence-electron chi connectivity index (χ2n) is 8.20. The van der Waals surface area contributed by atoms with Crippen LogP contribution in [0.4, 0.5) is 0 Å². The van der Waals surface area contributed by atoms with E-state index >= 15 is 0 Å². The van der Waals surface area contributed by atoms with Crippen LogP contribution < -0.4 is 11.1 Å². The molecule has 2 fully saturated rings. The third kappa shape index (κ3) is 6.72. The van der Waals surface area contributed by atoms with Gasteiger partial charge in [-0.05, 0) is 59.2 Å². The minimum atomic E-state index is -3.05. The van der Waals surface area contributed by atoms with Crippen LogP contribution in [0, 0.1) is 5.92 Å². The summed E-state index contributed by atoms with van der Waals surface area (Å²) in [6.07, 6.45) is 3.83. The lowest BCUT2D eigenvalue weighted by Crippen LogP contribution is -2.57. The molecule has 1 amide bonds. The van der Waals surface area contributed by atoms with Crippen LogP contribution in [0.25, 0.3) is 0 Å². The third-order valence-corrected chi connectivity index (χ3v) is 8.26. The quantitative estimate of drug-likeness (QED) is 0.227. The lowest BCUT2D eigenvalue weighted by Gasteiger charge is -2.39. The van der Waals surface area contributed by atoms with E-state index in [1.807, 2.05) is 4.90 Å². The molecular weight excluding hydrogens is 493 g/mol. The Morgan fingerprint density at radius 3 is 2.39 bits per heavy atom. The average Bonchev–Trinajstić information content (AvgIpc) is 2.61. The van der Waals surface area contributed by atoms with Crippen molar-refractivity contribution in [2.75, 3.05) is 52.1 Å². The number of nitrogens with two attached hydrogens (primary N) is 1. The fraction of sp³-hybridized carbons (Fsp3) is 0.889. The normalized spacial score (nSPS) is 23.1. The maximum Gasteiger partial charge on any atom is 0.220 e. The van der Waals surface area contributed by atoms with Gasteiger partial charge >= 0.3 is 0 Å². The zero-order valence-corrected chi connectivity index (χ0v) is 20.5. The monoisotopic (exact) mass is 529 g/mol. The number of sulfone groups is 1. The van der Waals surface area contributed by atoms with Crippen LogP contribution in [-0.4, -0.2) is 86.9 Å². The third-order valence-electron chi connectivity index (χ3n) is 5.73. The molecule has 0 radical (unpaired) electrons. The Kier molecular flexibility index (Phi) is 9.95. The molecule has 28 heavy (non-hydrogen) atoms. The molecule has 0 unspecified atom stereocenters. The van der Waals surface area contributed by atoms with Crippen LogP contribution in [0.15, 0.2) is 4.99 Å². The van der Waals surface area contributed by atoms with E-state index in [1.165, 1.54) is 0 Å². The molecule has 2 saturated heterocycles. The van der Waals surface area contributed by atoms with Gasteiger partial charge in [0.1, 0.15) is 0 Å². The number of aliphatic imine (C=N–C) groups is 1. The number of primary amides is 1. The number of carbonyl (C=O) groups excluding carboxylic acids is 1. The first kappa shape index (κ1) is 25.4. The number of carbonyl (C=O) groups is 1. The smallest absolute Gasteiger partial charge is 0.220 e. The van der Waals surface area contributed by atoms with E-state index in [2.05, 4.69) is 15.2 Å². The van der Waals surface area contributed by atoms with Crippen molar-refractivity contribution >= 4 is 45.7 Å². The van der Waals surface area contributed by atoms with E-state index in [0.717, 1.165) is 57.8 Å². The summed E-state index contributed by atoms with van der Waals surface area (Å²) in [7, 11) is -1.31. The van der Waals surface area contributed by atoms with E-state index in [4.69, 9.17) is 5.73 Å². The van der Waals surface area contributed by atoms with Crippen molar-refractivity contribution in [1.29, 1.82) is 0 Å². The van der Waals surface area contributed by atoms with Crippen LogP contribution in [0.5, 0.6) is 0 Å². The fourth-order valence-corrected chi connectivity index (χ4v) is 5.12. The molecule has 0 spiro atoms. The molecule has 2 aliphatic rings. The molecule has 2 aliphatic heterocycles. The predicted molar refractivity (Wildman–Crippen MR) is 124 cm³/mol. The number of halogens is 1. The van der Waals surface area contributed by atoms with Crippen LogP contribution in [-0.2, 0) is 14.6 Å². The molecule has 0 aliphatic carbocycles. The van der Waals surface area contributed by atoms with Gasteiger partial charge in [0.15, 0.2) is 15.8 Å². The summed E-state index contributed by atoms with van der Waals surface area (Å²) in [4.78, 5) is 20.0. The van der Waals surface area contributed by atoms with Gasteiger partial charge < -0.3 is 20.9 Å². The molecule has 0 aromatic carbocycles. The van der Waals surface area contributed by atoms with Crippen molar-refractivity contribution in [2.24, 2.45) is 16.6 Å². The molecule has 0 atom stereocenters. The van der Waals surface area contributed by atoms with E-state index in [-0.39, 0.29) is 41.6 Å². The largest absolute Gasteiger partial charge is 0.369 e. The lowest BCUT2D eigenvalue weighted by atomic mass is 9.96. The van der Waals surface area contributed by atoms with Gasteiger partial charge in [-0.2, -0.15) is 0 Å². The van der Waals surface area contributed by atoms with Gasteiger partial charge in [0, 0.05) is 32.6 Å². The van der Waals surface area contributed by atoms with Gasteiger partial charge in [0.25, 0.3) is 0 Å². The summed E-state index contributed by atoms with van der Waals surface area (Å²) in [6.45, 7) is 8.24. The molecule has 0 saturated carbocycles. The van der Waals surface area contributed by atoms with Crippen LogP contribution in [0.1, 0.15) is 39.5 Å². The Morgan fingerprint density at radius 1 is 1.21 bits per heavy atom. The van der Waals surface area contributed by atoms with Crippen molar-refractivity contribution < 1.29 is 13.2 Å². The number of hydrogen-bond acceptors (Lipinski definition) is 5. The summed E-state index contributed by atoms with van der Waals surface area (Å²) < 4.78 is 23.5.